The molecule has 2 aliphatic rings. The molecule has 156 valence electrons. The Morgan fingerprint density at radius 1 is 1.10 bits per heavy atom. The zero-order valence-electron chi connectivity index (χ0n) is 16.4. The fourth-order valence-corrected chi connectivity index (χ4v) is 6.48. The van der Waals surface area contributed by atoms with E-state index in [1.54, 1.807) is 41.9 Å². The molecule has 0 bridgehead atoms. The maximum absolute atomic E-state index is 13.7. The molecule has 0 atom stereocenters. The zero-order valence-corrected chi connectivity index (χ0v) is 18.0. The number of amides is 1. The van der Waals surface area contributed by atoms with Crippen LogP contribution in [-0.4, -0.2) is 31.7 Å². The molecule has 0 fully saturated rings. The Morgan fingerprint density at radius 2 is 1.93 bits per heavy atom. The van der Waals surface area contributed by atoms with Gasteiger partial charge in [0.25, 0.3) is 0 Å². The van der Waals surface area contributed by atoms with E-state index in [9.17, 15) is 13.2 Å². The minimum Gasteiger partial charge on any atom is -0.468 e. The Labute approximate surface area is 179 Å². The van der Waals surface area contributed by atoms with Crippen LogP contribution in [0.3, 0.4) is 0 Å². The molecule has 0 spiro atoms. The van der Waals surface area contributed by atoms with Crippen molar-refractivity contribution in [3.63, 3.8) is 0 Å². The van der Waals surface area contributed by atoms with Gasteiger partial charge in [-0.25, -0.2) is 8.42 Å². The van der Waals surface area contributed by atoms with E-state index in [4.69, 9.17) is 4.42 Å². The number of aryl methyl sites for hydroxylation is 1. The molecule has 30 heavy (non-hydrogen) atoms. The molecular weight excluding hydrogens is 420 g/mol. The van der Waals surface area contributed by atoms with E-state index in [0.29, 0.717) is 49.4 Å². The lowest BCUT2D eigenvalue weighted by atomic mass is 10.00. The Morgan fingerprint density at radius 3 is 2.67 bits per heavy atom. The zero-order chi connectivity index (χ0) is 20.7. The summed E-state index contributed by atoms with van der Waals surface area (Å²) in [5.74, 6) is 0.747. The monoisotopic (exact) mass is 442 g/mol. The van der Waals surface area contributed by atoms with E-state index in [0.717, 1.165) is 21.7 Å². The largest absolute Gasteiger partial charge is 0.468 e. The summed E-state index contributed by atoms with van der Waals surface area (Å²) in [7, 11) is -3.72. The Hall–Kier alpha value is -2.42. The first-order chi connectivity index (χ1) is 14.5. The predicted molar refractivity (Wildman–Crippen MR) is 115 cm³/mol. The van der Waals surface area contributed by atoms with Gasteiger partial charge in [-0.15, -0.1) is 11.3 Å². The van der Waals surface area contributed by atoms with Crippen molar-refractivity contribution in [2.45, 2.75) is 37.1 Å². The number of furan rings is 1. The van der Waals surface area contributed by atoms with Crippen LogP contribution < -0.4 is 4.90 Å². The maximum atomic E-state index is 13.7. The van der Waals surface area contributed by atoms with Crippen LogP contribution in [0.4, 0.5) is 5.69 Å². The molecular formula is C22H22N2O4S2. The van der Waals surface area contributed by atoms with Crippen molar-refractivity contribution in [2.75, 3.05) is 18.0 Å². The Kier molecular flexibility index (Phi) is 5.00. The highest BCUT2D eigenvalue weighted by Gasteiger charge is 2.34. The third-order valence-electron chi connectivity index (χ3n) is 5.76. The summed E-state index contributed by atoms with van der Waals surface area (Å²) in [6, 6.07) is 11.1. The second kappa shape index (κ2) is 7.68. The minimum absolute atomic E-state index is 0.132. The number of carbonyl (C=O) groups excluding carboxylic acids is 1. The van der Waals surface area contributed by atoms with Gasteiger partial charge < -0.3 is 9.32 Å². The molecule has 8 heteroatoms. The average molecular weight is 443 g/mol. The maximum Gasteiger partial charge on any atom is 0.243 e. The van der Waals surface area contributed by atoms with E-state index >= 15 is 0 Å². The summed E-state index contributed by atoms with van der Waals surface area (Å²) in [4.78, 5) is 15.4. The van der Waals surface area contributed by atoms with Gasteiger partial charge in [0.15, 0.2) is 0 Å². The molecule has 5 rings (SSSR count). The molecule has 0 unspecified atom stereocenters. The molecule has 0 aliphatic carbocycles. The molecule has 6 nitrogen and oxygen atoms in total. The van der Waals surface area contributed by atoms with Crippen molar-refractivity contribution in [1.29, 1.82) is 0 Å². The average Bonchev–Trinajstić information content (AvgIpc) is 3.50. The van der Waals surface area contributed by atoms with E-state index < -0.39 is 10.0 Å². The number of hydrogen-bond donors (Lipinski definition) is 0. The highest BCUT2D eigenvalue weighted by molar-refractivity contribution is 7.89. The molecule has 3 aromatic rings. The normalized spacial score (nSPS) is 15.8. The van der Waals surface area contributed by atoms with Gasteiger partial charge in [0.2, 0.25) is 15.9 Å². The van der Waals surface area contributed by atoms with Crippen LogP contribution in [0.2, 0.25) is 0 Å². The van der Waals surface area contributed by atoms with Gasteiger partial charge in [-0.2, -0.15) is 4.31 Å². The summed E-state index contributed by atoms with van der Waals surface area (Å²) in [6.07, 6.45) is 3.94. The molecule has 0 N–H and O–H groups in total. The third kappa shape index (κ3) is 3.49. The number of sulfonamides is 1. The molecule has 0 saturated carbocycles. The van der Waals surface area contributed by atoms with Crippen LogP contribution in [0, 0.1) is 0 Å². The van der Waals surface area contributed by atoms with Crippen molar-refractivity contribution >= 4 is 33.0 Å². The first-order valence-corrected chi connectivity index (χ1v) is 12.4. The van der Waals surface area contributed by atoms with Crippen molar-refractivity contribution < 1.29 is 17.6 Å². The number of thiophene rings is 1. The van der Waals surface area contributed by atoms with Gasteiger partial charge in [0.1, 0.15) is 5.76 Å². The smallest absolute Gasteiger partial charge is 0.243 e. The summed E-state index contributed by atoms with van der Waals surface area (Å²) in [6.45, 7) is 1.21. The van der Waals surface area contributed by atoms with Crippen LogP contribution in [-0.2, 0) is 40.6 Å². The third-order valence-corrected chi connectivity index (χ3v) is 8.52. The second-order valence-electron chi connectivity index (χ2n) is 7.63. The first-order valence-electron chi connectivity index (χ1n) is 10.0. The number of anilines is 1. The number of benzene rings is 1. The van der Waals surface area contributed by atoms with Gasteiger partial charge in [-0.1, -0.05) is 6.07 Å². The number of carbonyl (C=O) groups is 1. The van der Waals surface area contributed by atoms with Gasteiger partial charge >= 0.3 is 0 Å². The van der Waals surface area contributed by atoms with Crippen molar-refractivity contribution in [1.82, 2.24) is 4.31 Å². The lowest BCUT2D eigenvalue weighted by Gasteiger charge is -2.27. The SMILES string of the molecule is O=C1CCc2cc(S(=O)(=O)N(CCc3cccs3)Cc3ccco3)cc3c2N1CC3. The summed E-state index contributed by atoms with van der Waals surface area (Å²) >= 11 is 1.63. The molecule has 4 heterocycles. The van der Waals surface area contributed by atoms with Crippen molar-refractivity contribution in [3.05, 3.63) is 69.8 Å². The predicted octanol–water partition coefficient (Wildman–Crippen LogP) is 3.61. The van der Waals surface area contributed by atoms with Gasteiger partial charge in [0.05, 0.1) is 23.4 Å². The van der Waals surface area contributed by atoms with E-state index in [1.165, 1.54) is 4.31 Å². The summed E-state index contributed by atoms with van der Waals surface area (Å²) in [5, 5.41) is 2.00. The number of rotatable bonds is 7. The highest BCUT2D eigenvalue weighted by atomic mass is 32.2. The van der Waals surface area contributed by atoms with Crippen LogP contribution in [0.1, 0.15) is 28.2 Å². The topological polar surface area (TPSA) is 70.8 Å². The molecule has 0 saturated heterocycles. The lowest BCUT2D eigenvalue weighted by Crippen LogP contribution is -2.34. The minimum atomic E-state index is -3.72. The van der Waals surface area contributed by atoms with Gasteiger partial charge in [-0.3, -0.25) is 4.79 Å². The fraction of sp³-hybridized carbons (Fsp3) is 0.318. The van der Waals surface area contributed by atoms with Crippen LogP contribution in [0.15, 0.2) is 57.4 Å². The summed E-state index contributed by atoms with van der Waals surface area (Å²) < 4.78 is 34.3. The Balaban J connectivity index is 1.49. The second-order valence-corrected chi connectivity index (χ2v) is 10.6. The Bertz CT molecular complexity index is 1170. The van der Waals surface area contributed by atoms with Gasteiger partial charge in [0, 0.05) is 24.4 Å². The van der Waals surface area contributed by atoms with Crippen LogP contribution in [0.5, 0.6) is 0 Å². The van der Waals surface area contributed by atoms with Crippen molar-refractivity contribution in [3.8, 4) is 0 Å². The quantitative estimate of drug-likeness (QED) is 0.560. The molecule has 2 aromatic heterocycles. The van der Waals surface area contributed by atoms with E-state index in [-0.39, 0.29) is 12.5 Å². The van der Waals surface area contributed by atoms with Crippen molar-refractivity contribution in [2.24, 2.45) is 0 Å². The van der Waals surface area contributed by atoms with E-state index in [1.807, 2.05) is 22.4 Å². The molecule has 2 aliphatic heterocycles. The van der Waals surface area contributed by atoms with E-state index in [2.05, 4.69) is 0 Å². The van der Waals surface area contributed by atoms with Gasteiger partial charge in [-0.05, 0) is 66.1 Å². The fourth-order valence-electron chi connectivity index (χ4n) is 4.27. The number of nitrogens with zero attached hydrogens (tertiary/aromatic N) is 2. The molecule has 1 aromatic carbocycles. The number of hydrogen-bond acceptors (Lipinski definition) is 5. The lowest BCUT2D eigenvalue weighted by molar-refractivity contribution is -0.118. The molecule has 1 amide bonds. The standard InChI is InChI=1S/C22H22N2O4S2/c25-21-6-5-16-13-20(14-17-7-10-24(21)22(16)17)30(26,27)23(15-18-3-1-11-28-18)9-8-19-4-2-12-29-19/h1-4,11-14H,5-10,15H2. The highest BCUT2D eigenvalue weighted by Crippen LogP contribution is 2.39. The molecule has 0 radical (unpaired) electrons. The first kappa shape index (κ1) is 19.5. The van der Waals surface area contributed by atoms with Crippen LogP contribution in [0.25, 0.3) is 0 Å². The summed E-state index contributed by atoms with van der Waals surface area (Å²) in [5.41, 5.74) is 2.84. The van der Waals surface area contributed by atoms with Crippen LogP contribution >= 0.6 is 11.3 Å².